The van der Waals surface area contributed by atoms with Crippen LogP contribution in [-0.4, -0.2) is 22.5 Å². The second-order valence-electron chi connectivity index (χ2n) is 7.12. The average Bonchev–Trinajstić information content (AvgIpc) is 3.01. The normalized spacial score (nSPS) is 16.2. The zero-order valence-electron chi connectivity index (χ0n) is 14.9. The van der Waals surface area contributed by atoms with Gasteiger partial charge in [-0.2, -0.15) is 0 Å². The Morgan fingerprint density at radius 2 is 1.76 bits per heavy atom. The monoisotopic (exact) mass is 331 g/mol. The lowest BCUT2D eigenvalue weighted by Gasteiger charge is -2.16. The van der Waals surface area contributed by atoms with Gasteiger partial charge in [0.05, 0.1) is 16.4 Å². The summed E-state index contributed by atoms with van der Waals surface area (Å²) in [6.07, 6.45) is 4.09. The Balaban J connectivity index is 1.82. The van der Waals surface area contributed by atoms with E-state index >= 15 is 0 Å². The van der Waals surface area contributed by atoms with Gasteiger partial charge in [0.15, 0.2) is 0 Å². The van der Waals surface area contributed by atoms with Gasteiger partial charge in [0.1, 0.15) is 5.82 Å². The van der Waals surface area contributed by atoms with E-state index in [1.54, 1.807) is 4.90 Å². The quantitative estimate of drug-likeness (QED) is 0.712. The second-order valence-corrected chi connectivity index (χ2v) is 7.12. The van der Waals surface area contributed by atoms with Gasteiger partial charge in [0, 0.05) is 19.8 Å². The molecular formula is C21H21N3O. The highest BCUT2D eigenvalue weighted by molar-refractivity contribution is 6.09. The minimum absolute atomic E-state index is 0.127. The zero-order valence-corrected chi connectivity index (χ0v) is 14.9. The van der Waals surface area contributed by atoms with Crippen LogP contribution in [0, 0.1) is 0 Å². The average molecular weight is 331 g/mol. The van der Waals surface area contributed by atoms with E-state index in [9.17, 15) is 4.79 Å². The van der Waals surface area contributed by atoms with E-state index in [-0.39, 0.29) is 5.91 Å². The molecule has 1 aromatic heterocycles. The third-order valence-corrected chi connectivity index (χ3v) is 5.13. The number of rotatable bonds is 2. The minimum Gasteiger partial charge on any atom is -0.328 e. The van der Waals surface area contributed by atoms with Gasteiger partial charge in [-0.1, -0.05) is 36.4 Å². The van der Waals surface area contributed by atoms with Crippen LogP contribution in [0.25, 0.3) is 23.2 Å². The Kier molecular flexibility index (Phi) is 3.32. The number of aromatic nitrogens is 2. The summed E-state index contributed by atoms with van der Waals surface area (Å²) < 4.78 is 2.07. The lowest BCUT2D eigenvalue weighted by Crippen LogP contribution is -2.33. The fourth-order valence-corrected chi connectivity index (χ4v) is 3.55. The molecule has 0 fully saturated rings. The number of benzene rings is 2. The summed E-state index contributed by atoms with van der Waals surface area (Å²) in [5, 5.41) is 0. The summed E-state index contributed by atoms with van der Waals surface area (Å²) in [4.78, 5) is 19.0. The molecule has 4 heteroatoms. The first kappa shape index (κ1) is 15.6. The molecule has 2 heterocycles. The Bertz CT molecular complexity index is 1010. The van der Waals surface area contributed by atoms with Crippen molar-refractivity contribution in [1.82, 2.24) is 9.55 Å². The molecule has 0 N–H and O–H groups in total. The van der Waals surface area contributed by atoms with Crippen molar-refractivity contribution < 1.29 is 4.79 Å². The van der Waals surface area contributed by atoms with Crippen LogP contribution >= 0.6 is 0 Å². The van der Waals surface area contributed by atoms with Crippen LogP contribution in [0.4, 0.5) is 5.69 Å². The molecule has 1 aliphatic rings. The van der Waals surface area contributed by atoms with E-state index in [1.165, 1.54) is 0 Å². The van der Waals surface area contributed by atoms with Crippen LogP contribution in [0.3, 0.4) is 0 Å². The lowest BCUT2D eigenvalue weighted by atomic mass is 9.86. The van der Waals surface area contributed by atoms with Crippen molar-refractivity contribution in [3.05, 3.63) is 59.4 Å². The summed E-state index contributed by atoms with van der Waals surface area (Å²) in [7, 11) is 3.85. The van der Waals surface area contributed by atoms with Gasteiger partial charge in [0.25, 0.3) is 0 Å². The first-order chi connectivity index (χ1) is 11.9. The first-order valence-electron chi connectivity index (χ1n) is 8.42. The number of likely N-dealkylation sites (N-methyl/N-ethyl adjacent to an activating group) is 1. The minimum atomic E-state index is -0.504. The van der Waals surface area contributed by atoms with Gasteiger partial charge in [-0.05, 0) is 43.2 Å². The topological polar surface area (TPSA) is 38.1 Å². The number of aryl methyl sites for hydroxylation is 1. The molecule has 3 aromatic rings. The van der Waals surface area contributed by atoms with Gasteiger partial charge in [-0.3, -0.25) is 4.79 Å². The highest BCUT2D eigenvalue weighted by Gasteiger charge is 2.42. The molecule has 0 spiro atoms. The molecule has 1 aliphatic heterocycles. The third kappa shape index (κ3) is 2.29. The van der Waals surface area contributed by atoms with E-state index in [1.807, 2.05) is 52.2 Å². The number of carbonyl (C=O) groups is 1. The van der Waals surface area contributed by atoms with Crippen LogP contribution < -0.4 is 4.90 Å². The zero-order chi connectivity index (χ0) is 17.8. The molecule has 0 saturated carbocycles. The van der Waals surface area contributed by atoms with Crippen molar-refractivity contribution in [3.8, 4) is 0 Å². The number of anilines is 1. The van der Waals surface area contributed by atoms with Crippen molar-refractivity contribution >= 4 is 34.8 Å². The van der Waals surface area contributed by atoms with E-state index < -0.39 is 5.41 Å². The predicted molar refractivity (Wildman–Crippen MR) is 103 cm³/mol. The van der Waals surface area contributed by atoms with Crippen LogP contribution in [-0.2, 0) is 17.3 Å². The van der Waals surface area contributed by atoms with Crippen LogP contribution in [0.5, 0.6) is 0 Å². The van der Waals surface area contributed by atoms with Gasteiger partial charge in [-0.15, -0.1) is 0 Å². The highest BCUT2D eigenvalue weighted by atomic mass is 16.2. The fourth-order valence-electron chi connectivity index (χ4n) is 3.55. The van der Waals surface area contributed by atoms with Crippen LogP contribution in [0.15, 0.2) is 42.5 Å². The van der Waals surface area contributed by atoms with Gasteiger partial charge < -0.3 is 9.47 Å². The number of amides is 1. The van der Waals surface area contributed by atoms with Crippen molar-refractivity contribution in [1.29, 1.82) is 0 Å². The molecule has 1 amide bonds. The smallest absolute Gasteiger partial charge is 0.236 e. The van der Waals surface area contributed by atoms with Crippen molar-refractivity contribution in [2.24, 2.45) is 7.05 Å². The van der Waals surface area contributed by atoms with E-state index in [0.29, 0.717) is 0 Å². The number of hydrogen-bond donors (Lipinski definition) is 0. The molecule has 4 rings (SSSR count). The van der Waals surface area contributed by atoms with Gasteiger partial charge >= 0.3 is 0 Å². The summed E-state index contributed by atoms with van der Waals surface area (Å²) >= 11 is 0. The number of fused-ring (bicyclic) bond motifs is 2. The Morgan fingerprint density at radius 1 is 1.04 bits per heavy atom. The summed E-state index contributed by atoms with van der Waals surface area (Å²) in [6.45, 7) is 3.95. The highest BCUT2D eigenvalue weighted by Crippen LogP contribution is 2.42. The third-order valence-electron chi connectivity index (χ3n) is 5.13. The molecule has 126 valence electrons. The maximum atomic E-state index is 12.5. The predicted octanol–water partition coefficient (Wildman–Crippen LogP) is 4.00. The molecule has 0 unspecified atom stereocenters. The molecule has 25 heavy (non-hydrogen) atoms. The van der Waals surface area contributed by atoms with E-state index in [0.717, 1.165) is 33.7 Å². The van der Waals surface area contributed by atoms with Crippen LogP contribution in [0.2, 0.25) is 0 Å². The molecular weight excluding hydrogens is 310 g/mol. The molecule has 0 aliphatic carbocycles. The van der Waals surface area contributed by atoms with Gasteiger partial charge in [-0.25, -0.2) is 4.98 Å². The van der Waals surface area contributed by atoms with Gasteiger partial charge in [0.2, 0.25) is 5.91 Å². The number of carbonyl (C=O) groups excluding carboxylic acids is 1. The second kappa shape index (κ2) is 5.31. The Morgan fingerprint density at radius 3 is 2.48 bits per heavy atom. The van der Waals surface area contributed by atoms with E-state index in [2.05, 4.69) is 34.9 Å². The number of hydrogen-bond acceptors (Lipinski definition) is 2. The summed E-state index contributed by atoms with van der Waals surface area (Å²) in [6, 6.07) is 14.3. The molecule has 0 atom stereocenters. The first-order valence-corrected chi connectivity index (χ1v) is 8.42. The van der Waals surface area contributed by atoms with Crippen molar-refractivity contribution in [2.75, 3.05) is 11.9 Å². The summed E-state index contributed by atoms with van der Waals surface area (Å²) in [5.74, 6) is 1.02. The molecule has 2 aromatic carbocycles. The van der Waals surface area contributed by atoms with E-state index in [4.69, 9.17) is 4.98 Å². The molecule has 0 saturated heterocycles. The fraction of sp³-hybridized carbons (Fsp3) is 0.238. The molecule has 4 nitrogen and oxygen atoms in total. The summed E-state index contributed by atoms with van der Waals surface area (Å²) in [5.41, 5.74) is 4.61. The van der Waals surface area contributed by atoms with Crippen molar-refractivity contribution in [2.45, 2.75) is 19.3 Å². The maximum Gasteiger partial charge on any atom is 0.236 e. The largest absolute Gasteiger partial charge is 0.328 e. The number of imidazole rings is 1. The Hall–Kier alpha value is -2.88. The lowest BCUT2D eigenvalue weighted by molar-refractivity contribution is -0.121. The Labute approximate surface area is 147 Å². The number of nitrogens with zero attached hydrogens (tertiary/aromatic N) is 3. The SMILES string of the molecule is CN1C(=O)C(C)(C)c2cc3nc(C=Cc4ccccc4)n(C)c3cc21. The van der Waals surface area contributed by atoms with Crippen molar-refractivity contribution in [3.63, 3.8) is 0 Å². The standard InChI is InChI=1S/C21H21N3O/c1-21(2)15-12-16-18(13-17(15)24(4)20(21)25)23(3)19(22-16)11-10-14-8-6-5-7-9-14/h5-13H,1-4H3. The molecule has 0 bridgehead atoms. The van der Waals surface area contributed by atoms with Crippen LogP contribution in [0.1, 0.15) is 30.8 Å². The molecule has 0 radical (unpaired) electrons. The maximum absolute atomic E-state index is 12.5.